The van der Waals surface area contributed by atoms with E-state index < -0.39 is 18.2 Å². The standard InChI is InChI=1S/C36H58N4O6/c1-24(2)33-35(44)37-29(20-25-12-14-28(15-13-25)46-18-9-8-17-45-19-16-32(42)38-33)31(41)23-40-22-27-11-7-6-10-26(27)21-30(40)34(43)39-36(3,4)5/h12-15,24,26-27,29-31,33,41H,6-11,16-23H2,1-5H3,(H,37,44)(H,38,42)(H,39,43)/t26-,27+,29-,30-,31+,33-/m0/s1. The van der Waals surface area contributed by atoms with Crippen molar-refractivity contribution in [3.05, 3.63) is 29.8 Å². The lowest BCUT2D eigenvalue weighted by molar-refractivity contribution is -0.134. The molecule has 1 aromatic rings. The van der Waals surface area contributed by atoms with E-state index in [1.54, 1.807) is 0 Å². The van der Waals surface area contributed by atoms with Crippen LogP contribution in [0.3, 0.4) is 0 Å². The van der Waals surface area contributed by atoms with Gasteiger partial charge in [0.2, 0.25) is 17.7 Å². The summed E-state index contributed by atoms with van der Waals surface area (Å²) in [5.74, 6) is 1.03. The summed E-state index contributed by atoms with van der Waals surface area (Å²) in [5.41, 5.74) is 0.582. The summed E-state index contributed by atoms with van der Waals surface area (Å²) >= 11 is 0. The fourth-order valence-electron chi connectivity index (χ4n) is 7.07. The Morgan fingerprint density at radius 1 is 1.00 bits per heavy atom. The summed E-state index contributed by atoms with van der Waals surface area (Å²) < 4.78 is 11.5. The lowest BCUT2D eigenvalue weighted by atomic mass is 9.72. The number of piperidine rings is 1. The molecule has 1 saturated carbocycles. The van der Waals surface area contributed by atoms with Gasteiger partial charge < -0.3 is 30.5 Å². The SMILES string of the molecule is CC(C)[C@@H]1NC(=O)CCOCCCCOc2ccc(cc2)C[C@@H]([C@H](O)CN2C[C@H]3CCCC[C@H]3C[C@H]2C(=O)NC(C)(C)C)NC1=O. The highest BCUT2D eigenvalue weighted by molar-refractivity contribution is 5.88. The molecule has 0 radical (unpaired) electrons. The number of nitrogens with zero attached hydrogens (tertiary/aromatic N) is 1. The summed E-state index contributed by atoms with van der Waals surface area (Å²) in [4.78, 5) is 42.3. The van der Waals surface area contributed by atoms with Gasteiger partial charge in [0.25, 0.3) is 0 Å². The van der Waals surface area contributed by atoms with Crippen molar-refractivity contribution in [2.75, 3.05) is 32.9 Å². The van der Waals surface area contributed by atoms with Gasteiger partial charge in [0.1, 0.15) is 11.8 Å². The zero-order valence-corrected chi connectivity index (χ0v) is 28.7. The number of aliphatic hydroxyl groups excluding tert-OH is 1. The normalized spacial score (nSPS) is 28.5. The van der Waals surface area contributed by atoms with Crippen molar-refractivity contribution in [2.45, 2.75) is 122 Å². The quantitative estimate of drug-likeness (QED) is 0.387. The predicted molar refractivity (Wildman–Crippen MR) is 178 cm³/mol. The number of fused-ring (bicyclic) bond motifs is 17. The number of likely N-dealkylation sites (tertiary alicyclic amines) is 1. The summed E-state index contributed by atoms with van der Waals surface area (Å²) in [6.45, 7) is 12.2. The second-order valence-corrected chi connectivity index (χ2v) is 15.0. The smallest absolute Gasteiger partial charge is 0.243 e. The van der Waals surface area contributed by atoms with E-state index in [4.69, 9.17) is 9.47 Å². The van der Waals surface area contributed by atoms with Gasteiger partial charge >= 0.3 is 0 Å². The molecule has 2 fully saturated rings. The fourth-order valence-corrected chi connectivity index (χ4v) is 7.07. The van der Waals surface area contributed by atoms with Crippen LogP contribution in [0, 0.1) is 17.8 Å². The molecule has 4 N–H and O–H groups in total. The Labute approximate surface area is 275 Å². The van der Waals surface area contributed by atoms with Crippen molar-refractivity contribution in [2.24, 2.45) is 17.8 Å². The van der Waals surface area contributed by atoms with Crippen LogP contribution >= 0.6 is 0 Å². The van der Waals surface area contributed by atoms with Crippen LogP contribution in [0.15, 0.2) is 24.3 Å². The summed E-state index contributed by atoms with van der Waals surface area (Å²) in [6, 6.07) is 6.03. The van der Waals surface area contributed by atoms with E-state index in [1.807, 2.05) is 58.9 Å². The average molecular weight is 643 g/mol. The van der Waals surface area contributed by atoms with Crippen LogP contribution in [0.4, 0.5) is 0 Å². The fraction of sp³-hybridized carbons (Fsp3) is 0.750. The zero-order valence-electron chi connectivity index (χ0n) is 28.7. The first-order chi connectivity index (χ1) is 21.9. The first kappa shape index (κ1) is 36.2. The number of β-amino-alcohol motifs (C(OH)–C–C–N with tert-alkyl or cyclic N) is 1. The minimum absolute atomic E-state index is 0.00424. The maximum absolute atomic E-state index is 13.8. The topological polar surface area (TPSA) is 129 Å². The Morgan fingerprint density at radius 3 is 2.39 bits per heavy atom. The van der Waals surface area contributed by atoms with E-state index in [0.29, 0.717) is 31.5 Å². The first-order valence-corrected chi connectivity index (χ1v) is 17.5. The highest BCUT2D eigenvalue weighted by Gasteiger charge is 2.42. The number of ether oxygens (including phenoxy) is 2. The molecule has 5 rings (SSSR count). The van der Waals surface area contributed by atoms with Gasteiger partial charge in [0, 0.05) is 31.7 Å². The Balaban J connectivity index is 1.57. The molecule has 1 aromatic carbocycles. The van der Waals surface area contributed by atoms with Crippen LogP contribution < -0.4 is 20.7 Å². The average Bonchev–Trinajstić information content (AvgIpc) is 2.99. The first-order valence-electron chi connectivity index (χ1n) is 17.5. The van der Waals surface area contributed by atoms with Crippen LogP contribution in [0.2, 0.25) is 0 Å². The van der Waals surface area contributed by atoms with Crippen LogP contribution in [-0.4, -0.2) is 90.4 Å². The second-order valence-electron chi connectivity index (χ2n) is 15.0. The molecule has 1 saturated heterocycles. The molecule has 4 aliphatic rings. The van der Waals surface area contributed by atoms with Crippen molar-refractivity contribution in [3.8, 4) is 5.75 Å². The maximum Gasteiger partial charge on any atom is 0.243 e. The molecule has 0 unspecified atom stereocenters. The van der Waals surface area contributed by atoms with Gasteiger partial charge in [0.05, 0.1) is 31.4 Å². The molecule has 258 valence electrons. The Morgan fingerprint density at radius 2 is 1.70 bits per heavy atom. The van der Waals surface area contributed by atoms with Crippen LogP contribution in [0.25, 0.3) is 0 Å². The van der Waals surface area contributed by atoms with Gasteiger partial charge in [-0.3, -0.25) is 19.3 Å². The van der Waals surface area contributed by atoms with Gasteiger partial charge in [-0.05, 0) is 88.3 Å². The van der Waals surface area contributed by atoms with E-state index in [-0.39, 0.29) is 54.8 Å². The molecule has 10 heteroatoms. The molecular formula is C36H58N4O6. The zero-order chi connectivity index (χ0) is 33.3. The van der Waals surface area contributed by atoms with Crippen molar-refractivity contribution in [3.63, 3.8) is 0 Å². The van der Waals surface area contributed by atoms with E-state index in [0.717, 1.165) is 50.0 Å². The number of amides is 3. The van der Waals surface area contributed by atoms with Gasteiger partial charge in [-0.2, -0.15) is 0 Å². The number of rotatable bonds is 5. The van der Waals surface area contributed by atoms with Crippen molar-refractivity contribution in [1.82, 2.24) is 20.9 Å². The third kappa shape index (κ3) is 10.9. The van der Waals surface area contributed by atoms with Crippen LogP contribution in [0.1, 0.15) is 91.5 Å². The van der Waals surface area contributed by atoms with E-state index in [2.05, 4.69) is 20.9 Å². The molecule has 3 aliphatic heterocycles. The monoisotopic (exact) mass is 642 g/mol. The number of hydrogen-bond acceptors (Lipinski definition) is 7. The van der Waals surface area contributed by atoms with Crippen molar-refractivity contribution >= 4 is 17.7 Å². The van der Waals surface area contributed by atoms with Crippen molar-refractivity contribution < 1.29 is 29.0 Å². The number of carbonyl (C=O) groups excluding carboxylic acids is 3. The van der Waals surface area contributed by atoms with Crippen LogP contribution in [-0.2, 0) is 25.5 Å². The minimum atomic E-state index is -0.948. The van der Waals surface area contributed by atoms with Gasteiger partial charge in [-0.1, -0.05) is 45.2 Å². The highest BCUT2D eigenvalue weighted by atomic mass is 16.5. The molecule has 46 heavy (non-hydrogen) atoms. The number of aliphatic hydroxyl groups is 1. The predicted octanol–water partition coefficient (Wildman–Crippen LogP) is 3.59. The Hall–Kier alpha value is -2.69. The second kappa shape index (κ2) is 16.9. The molecule has 3 heterocycles. The lowest BCUT2D eigenvalue weighted by Crippen LogP contribution is -2.61. The van der Waals surface area contributed by atoms with Crippen molar-refractivity contribution in [1.29, 1.82) is 0 Å². The summed E-state index contributed by atoms with van der Waals surface area (Å²) in [6.07, 6.45) is 6.73. The van der Waals surface area contributed by atoms with Gasteiger partial charge in [-0.25, -0.2) is 0 Å². The molecular weight excluding hydrogens is 584 g/mol. The number of hydrogen-bond donors (Lipinski definition) is 4. The third-order valence-corrected chi connectivity index (χ3v) is 9.59. The van der Waals surface area contributed by atoms with E-state index in [1.165, 1.54) is 12.8 Å². The van der Waals surface area contributed by atoms with E-state index >= 15 is 0 Å². The Kier molecular flexibility index (Phi) is 13.3. The van der Waals surface area contributed by atoms with Crippen LogP contribution in [0.5, 0.6) is 5.75 Å². The largest absolute Gasteiger partial charge is 0.494 e. The molecule has 0 spiro atoms. The van der Waals surface area contributed by atoms with E-state index in [9.17, 15) is 19.5 Å². The molecule has 6 atom stereocenters. The Bertz CT molecular complexity index is 1140. The summed E-state index contributed by atoms with van der Waals surface area (Å²) in [5, 5.41) is 21.1. The lowest BCUT2D eigenvalue weighted by Gasteiger charge is -2.47. The number of carbonyl (C=O) groups is 3. The molecule has 0 aromatic heterocycles. The summed E-state index contributed by atoms with van der Waals surface area (Å²) in [7, 11) is 0. The maximum atomic E-state index is 13.8. The molecule has 2 bridgehead atoms. The van der Waals surface area contributed by atoms with Gasteiger partial charge in [-0.15, -0.1) is 0 Å². The third-order valence-electron chi connectivity index (χ3n) is 9.59. The molecule has 10 nitrogen and oxygen atoms in total. The molecule has 1 aliphatic carbocycles. The minimum Gasteiger partial charge on any atom is -0.494 e. The van der Waals surface area contributed by atoms with Gasteiger partial charge in [0.15, 0.2) is 0 Å². The number of benzene rings is 1. The molecule has 3 amide bonds. The number of nitrogens with one attached hydrogen (secondary N) is 3. The highest BCUT2D eigenvalue weighted by Crippen LogP contribution is 2.39.